The summed E-state index contributed by atoms with van der Waals surface area (Å²) in [5, 5.41) is 9.68. The molecule has 0 spiro atoms. The average molecular weight is 279 g/mol. The van der Waals surface area contributed by atoms with Crippen LogP contribution in [0, 0.1) is 11.3 Å². The highest BCUT2D eigenvalue weighted by Gasteiger charge is 2.14. The Balaban J connectivity index is 2.70. The monoisotopic (exact) mass is 278 g/mol. The number of nitrogens with zero attached hydrogens (tertiary/aromatic N) is 2. The second-order valence-corrected chi connectivity index (χ2v) is 4.26. The second kappa shape index (κ2) is 5.26. The van der Waals surface area contributed by atoms with Crippen molar-refractivity contribution in [2.75, 3.05) is 7.11 Å². The predicted octanol–water partition coefficient (Wildman–Crippen LogP) is 3.94. The Morgan fingerprint density at radius 3 is 2.78 bits per heavy atom. The highest BCUT2D eigenvalue weighted by atomic mass is 35.5. The van der Waals surface area contributed by atoms with E-state index in [0.717, 1.165) is 5.56 Å². The Kier molecular flexibility index (Phi) is 3.71. The second-order valence-electron chi connectivity index (χ2n) is 3.49. The molecular weight excluding hydrogens is 271 g/mol. The SMILES string of the molecule is COc1cccc(-c2c(Cl)ncc(Cl)c2C#N)c1. The van der Waals surface area contributed by atoms with Crippen molar-refractivity contribution >= 4 is 23.2 Å². The summed E-state index contributed by atoms with van der Waals surface area (Å²) in [7, 11) is 1.57. The van der Waals surface area contributed by atoms with Crippen molar-refractivity contribution in [3.05, 3.63) is 46.2 Å². The largest absolute Gasteiger partial charge is 0.497 e. The van der Waals surface area contributed by atoms with Gasteiger partial charge < -0.3 is 4.74 Å². The molecular formula is C13H8Cl2N2O. The quantitative estimate of drug-likeness (QED) is 0.782. The van der Waals surface area contributed by atoms with Gasteiger partial charge in [0.25, 0.3) is 0 Å². The van der Waals surface area contributed by atoms with Gasteiger partial charge in [-0.3, -0.25) is 0 Å². The third kappa shape index (κ3) is 2.26. The van der Waals surface area contributed by atoms with Crippen LogP contribution in [-0.4, -0.2) is 12.1 Å². The maximum atomic E-state index is 9.16. The van der Waals surface area contributed by atoms with Crippen molar-refractivity contribution in [3.8, 4) is 22.9 Å². The Morgan fingerprint density at radius 1 is 1.33 bits per heavy atom. The predicted molar refractivity (Wildman–Crippen MR) is 71.0 cm³/mol. The standard InChI is InChI=1S/C13H8Cl2N2O/c1-18-9-4-2-3-8(5-9)12-10(6-16)11(14)7-17-13(12)15/h2-5,7H,1H3. The number of benzene rings is 1. The summed E-state index contributed by atoms with van der Waals surface area (Å²) in [4.78, 5) is 3.96. The van der Waals surface area contributed by atoms with Gasteiger partial charge in [0.15, 0.2) is 0 Å². The molecule has 0 aliphatic carbocycles. The van der Waals surface area contributed by atoms with Gasteiger partial charge in [0, 0.05) is 11.8 Å². The number of ether oxygens (including phenoxy) is 1. The smallest absolute Gasteiger partial charge is 0.138 e. The molecule has 0 N–H and O–H groups in total. The minimum atomic E-state index is 0.240. The van der Waals surface area contributed by atoms with E-state index in [0.29, 0.717) is 16.9 Å². The molecule has 0 saturated heterocycles. The topological polar surface area (TPSA) is 45.9 Å². The van der Waals surface area contributed by atoms with Crippen LogP contribution in [0.1, 0.15) is 5.56 Å². The van der Waals surface area contributed by atoms with Crippen molar-refractivity contribution in [2.45, 2.75) is 0 Å². The molecule has 0 radical (unpaired) electrons. The number of methoxy groups -OCH3 is 1. The molecule has 3 nitrogen and oxygen atoms in total. The fourth-order valence-electron chi connectivity index (χ4n) is 1.62. The fourth-order valence-corrected chi connectivity index (χ4v) is 2.05. The number of halogens is 2. The van der Waals surface area contributed by atoms with Gasteiger partial charge in [0.05, 0.1) is 17.7 Å². The average Bonchev–Trinajstić information content (AvgIpc) is 2.41. The molecule has 0 unspecified atom stereocenters. The minimum Gasteiger partial charge on any atom is -0.497 e. The van der Waals surface area contributed by atoms with Gasteiger partial charge in [0.2, 0.25) is 0 Å². The van der Waals surface area contributed by atoms with Gasteiger partial charge in [-0.15, -0.1) is 0 Å². The zero-order chi connectivity index (χ0) is 13.1. The van der Waals surface area contributed by atoms with Crippen molar-refractivity contribution in [1.82, 2.24) is 4.98 Å². The Hall–Kier alpha value is -1.76. The Morgan fingerprint density at radius 2 is 2.11 bits per heavy atom. The molecule has 1 aromatic heterocycles. The Labute approximate surface area is 115 Å². The summed E-state index contributed by atoms with van der Waals surface area (Å²) in [6.07, 6.45) is 1.37. The lowest BCUT2D eigenvalue weighted by Gasteiger charge is -2.09. The number of hydrogen-bond acceptors (Lipinski definition) is 3. The zero-order valence-corrected chi connectivity index (χ0v) is 11.0. The highest BCUT2D eigenvalue weighted by Crippen LogP contribution is 2.34. The van der Waals surface area contributed by atoms with Crippen LogP contribution in [-0.2, 0) is 0 Å². The lowest BCUT2D eigenvalue weighted by molar-refractivity contribution is 0.415. The van der Waals surface area contributed by atoms with Crippen LogP contribution in [0.5, 0.6) is 5.75 Å². The zero-order valence-electron chi connectivity index (χ0n) is 9.45. The molecule has 18 heavy (non-hydrogen) atoms. The summed E-state index contributed by atoms with van der Waals surface area (Å²) >= 11 is 12.0. The van der Waals surface area contributed by atoms with Crippen molar-refractivity contribution in [3.63, 3.8) is 0 Å². The number of pyridine rings is 1. The van der Waals surface area contributed by atoms with E-state index < -0.39 is 0 Å². The number of rotatable bonds is 2. The third-order valence-electron chi connectivity index (χ3n) is 2.46. The maximum absolute atomic E-state index is 9.16. The molecule has 0 fully saturated rings. The first-order chi connectivity index (χ1) is 8.67. The van der Waals surface area contributed by atoms with Crippen LogP contribution < -0.4 is 4.74 Å². The molecule has 1 aromatic carbocycles. The first-order valence-corrected chi connectivity index (χ1v) is 5.81. The van der Waals surface area contributed by atoms with E-state index in [1.807, 2.05) is 18.2 Å². The van der Waals surface area contributed by atoms with E-state index >= 15 is 0 Å². The van der Waals surface area contributed by atoms with E-state index in [1.54, 1.807) is 19.2 Å². The van der Waals surface area contributed by atoms with Gasteiger partial charge in [-0.25, -0.2) is 4.98 Å². The van der Waals surface area contributed by atoms with Crippen molar-refractivity contribution in [1.29, 1.82) is 5.26 Å². The molecule has 90 valence electrons. The lowest BCUT2D eigenvalue weighted by atomic mass is 10.0. The van der Waals surface area contributed by atoms with Gasteiger partial charge in [0.1, 0.15) is 17.0 Å². The maximum Gasteiger partial charge on any atom is 0.138 e. The first-order valence-electron chi connectivity index (χ1n) is 5.06. The molecule has 5 heteroatoms. The summed E-state index contributed by atoms with van der Waals surface area (Å²) in [5.41, 5.74) is 1.57. The van der Waals surface area contributed by atoms with Crippen LogP contribution in [0.4, 0.5) is 0 Å². The number of hydrogen-bond donors (Lipinski definition) is 0. The van der Waals surface area contributed by atoms with Crippen LogP contribution in [0.3, 0.4) is 0 Å². The minimum absolute atomic E-state index is 0.240. The van der Waals surface area contributed by atoms with Gasteiger partial charge in [-0.1, -0.05) is 35.3 Å². The molecule has 0 bridgehead atoms. The molecule has 0 saturated carbocycles. The lowest BCUT2D eigenvalue weighted by Crippen LogP contribution is -1.91. The third-order valence-corrected chi connectivity index (χ3v) is 3.03. The van der Waals surface area contributed by atoms with Crippen LogP contribution >= 0.6 is 23.2 Å². The van der Waals surface area contributed by atoms with E-state index in [2.05, 4.69) is 4.98 Å². The van der Waals surface area contributed by atoms with Gasteiger partial charge >= 0.3 is 0 Å². The van der Waals surface area contributed by atoms with Gasteiger partial charge in [-0.2, -0.15) is 5.26 Å². The first kappa shape index (κ1) is 12.7. The molecule has 2 aromatic rings. The molecule has 1 heterocycles. The molecule has 0 atom stereocenters. The molecule has 2 rings (SSSR count). The van der Waals surface area contributed by atoms with Crippen LogP contribution in [0.25, 0.3) is 11.1 Å². The number of aromatic nitrogens is 1. The molecule has 0 aliphatic rings. The van der Waals surface area contributed by atoms with Crippen LogP contribution in [0.2, 0.25) is 10.2 Å². The summed E-state index contributed by atoms with van der Waals surface area (Å²) in [6.45, 7) is 0. The summed E-state index contributed by atoms with van der Waals surface area (Å²) < 4.78 is 5.14. The van der Waals surface area contributed by atoms with Gasteiger partial charge in [-0.05, 0) is 17.7 Å². The molecule has 0 aliphatic heterocycles. The highest BCUT2D eigenvalue weighted by molar-refractivity contribution is 6.35. The van der Waals surface area contributed by atoms with Crippen molar-refractivity contribution < 1.29 is 4.74 Å². The molecule has 0 amide bonds. The van der Waals surface area contributed by atoms with E-state index in [-0.39, 0.29) is 10.2 Å². The number of nitriles is 1. The van der Waals surface area contributed by atoms with E-state index in [1.165, 1.54) is 6.20 Å². The summed E-state index contributed by atoms with van der Waals surface area (Å²) in [6, 6.07) is 9.26. The summed E-state index contributed by atoms with van der Waals surface area (Å²) in [5.74, 6) is 0.674. The fraction of sp³-hybridized carbons (Fsp3) is 0.0769. The van der Waals surface area contributed by atoms with Crippen molar-refractivity contribution in [2.24, 2.45) is 0 Å². The van der Waals surface area contributed by atoms with E-state index in [9.17, 15) is 0 Å². The Bertz CT molecular complexity index is 635. The van der Waals surface area contributed by atoms with Crippen LogP contribution in [0.15, 0.2) is 30.5 Å². The van der Waals surface area contributed by atoms with E-state index in [4.69, 9.17) is 33.2 Å². The normalized spacial score (nSPS) is 9.89.